The van der Waals surface area contributed by atoms with Gasteiger partial charge in [0.1, 0.15) is 0 Å². The third-order valence-corrected chi connectivity index (χ3v) is 5.36. The largest absolute Gasteiger partial charge is 0.390 e. The fraction of sp³-hybridized carbons (Fsp3) is 0.650. The van der Waals surface area contributed by atoms with E-state index in [0.29, 0.717) is 25.6 Å². The molecule has 138 valence electrons. The lowest BCUT2D eigenvalue weighted by atomic mass is 10.2. The zero-order chi connectivity index (χ0) is 17.6. The number of aliphatic hydroxyl groups is 1. The van der Waals surface area contributed by atoms with Crippen LogP contribution in [0, 0.1) is 0 Å². The van der Waals surface area contributed by atoms with Gasteiger partial charge in [-0.15, -0.1) is 0 Å². The Bertz CT molecular complexity index is 551. The summed E-state index contributed by atoms with van der Waals surface area (Å²) in [6, 6.07) is 11.0. The second-order valence-electron chi connectivity index (χ2n) is 7.52. The summed E-state index contributed by atoms with van der Waals surface area (Å²) >= 11 is 0. The highest BCUT2D eigenvalue weighted by Gasteiger charge is 2.26. The molecule has 0 spiro atoms. The summed E-state index contributed by atoms with van der Waals surface area (Å²) < 4.78 is 0. The maximum absolute atomic E-state index is 11.7. The number of amides is 1. The van der Waals surface area contributed by atoms with E-state index in [1.165, 1.54) is 5.56 Å². The van der Waals surface area contributed by atoms with Crippen LogP contribution < -0.4 is 0 Å². The van der Waals surface area contributed by atoms with E-state index in [2.05, 4.69) is 47.1 Å². The summed E-state index contributed by atoms with van der Waals surface area (Å²) in [6.45, 7) is 8.30. The quantitative estimate of drug-likeness (QED) is 0.850. The Kier molecular flexibility index (Phi) is 6.45. The first kappa shape index (κ1) is 18.4. The SMILES string of the molecule is C[C@H]1CN(Cc2ccccc2)CCCN1C[C@H](O)CN1CCCC1=O. The Morgan fingerprint density at radius 2 is 1.92 bits per heavy atom. The zero-order valence-corrected chi connectivity index (χ0v) is 15.3. The van der Waals surface area contributed by atoms with Crippen LogP contribution in [0.25, 0.3) is 0 Å². The molecule has 5 heteroatoms. The molecule has 2 aliphatic heterocycles. The van der Waals surface area contributed by atoms with E-state index >= 15 is 0 Å². The van der Waals surface area contributed by atoms with Crippen molar-refractivity contribution >= 4 is 5.91 Å². The lowest BCUT2D eigenvalue weighted by Crippen LogP contribution is -2.45. The Hall–Kier alpha value is -1.43. The Morgan fingerprint density at radius 3 is 2.64 bits per heavy atom. The number of benzene rings is 1. The van der Waals surface area contributed by atoms with Crippen LogP contribution in [0.15, 0.2) is 30.3 Å². The van der Waals surface area contributed by atoms with Crippen molar-refractivity contribution in [3.8, 4) is 0 Å². The van der Waals surface area contributed by atoms with Crippen molar-refractivity contribution in [2.24, 2.45) is 0 Å². The first-order valence-corrected chi connectivity index (χ1v) is 9.58. The fourth-order valence-electron chi connectivity index (χ4n) is 4.03. The van der Waals surface area contributed by atoms with Crippen LogP contribution in [0.1, 0.15) is 31.7 Å². The maximum Gasteiger partial charge on any atom is 0.222 e. The molecular formula is C20H31N3O2. The highest BCUT2D eigenvalue weighted by Crippen LogP contribution is 2.15. The van der Waals surface area contributed by atoms with Crippen molar-refractivity contribution in [3.63, 3.8) is 0 Å². The first-order valence-electron chi connectivity index (χ1n) is 9.58. The van der Waals surface area contributed by atoms with E-state index < -0.39 is 6.10 Å². The summed E-state index contributed by atoms with van der Waals surface area (Å²) in [5.74, 6) is 0.192. The molecule has 1 aromatic rings. The molecule has 1 amide bonds. The van der Waals surface area contributed by atoms with Crippen molar-refractivity contribution in [1.82, 2.24) is 14.7 Å². The minimum Gasteiger partial charge on any atom is -0.390 e. The lowest BCUT2D eigenvalue weighted by molar-refractivity contribution is -0.129. The van der Waals surface area contributed by atoms with Gasteiger partial charge in [-0.3, -0.25) is 14.6 Å². The van der Waals surface area contributed by atoms with Gasteiger partial charge in [0, 0.05) is 45.2 Å². The average molecular weight is 345 g/mol. The molecular weight excluding hydrogens is 314 g/mol. The lowest BCUT2D eigenvalue weighted by Gasteiger charge is -2.31. The van der Waals surface area contributed by atoms with E-state index in [1.54, 1.807) is 0 Å². The molecule has 2 saturated heterocycles. The number of rotatable bonds is 6. The molecule has 3 rings (SSSR count). The number of likely N-dealkylation sites (tertiary alicyclic amines) is 1. The van der Waals surface area contributed by atoms with Gasteiger partial charge in [-0.05, 0) is 38.4 Å². The molecule has 1 aromatic carbocycles. The van der Waals surface area contributed by atoms with Crippen molar-refractivity contribution in [1.29, 1.82) is 0 Å². The van der Waals surface area contributed by atoms with Gasteiger partial charge in [0.25, 0.3) is 0 Å². The molecule has 0 saturated carbocycles. The van der Waals surface area contributed by atoms with E-state index in [0.717, 1.165) is 45.6 Å². The number of hydrogen-bond donors (Lipinski definition) is 1. The van der Waals surface area contributed by atoms with Crippen molar-refractivity contribution in [2.45, 2.75) is 44.9 Å². The number of carbonyl (C=O) groups is 1. The van der Waals surface area contributed by atoms with Gasteiger partial charge in [-0.2, -0.15) is 0 Å². The van der Waals surface area contributed by atoms with Crippen molar-refractivity contribution in [3.05, 3.63) is 35.9 Å². The monoisotopic (exact) mass is 345 g/mol. The molecule has 0 aliphatic carbocycles. The maximum atomic E-state index is 11.7. The Morgan fingerprint density at radius 1 is 1.12 bits per heavy atom. The minimum absolute atomic E-state index is 0.192. The third kappa shape index (κ3) is 5.27. The van der Waals surface area contributed by atoms with E-state index in [1.807, 2.05) is 4.90 Å². The highest BCUT2D eigenvalue weighted by molar-refractivity contribution is 5.78. The average Bonchev–Trinajstić information content (AvgIpc) is 2.91. The second-order valence-corrected chi connectivity index (χ2v) is 7.52. The van der Waals surface area contributed by atoms with E-state index in [9.17, 15) is 9.90 Å². The summed E-state index contributed by atoms with van der Waals surface area (Å²) in [7, 11) is 0. The van der Waals surface area contributed by atoms with Gasteiger partial charge in [-0.25, -0.2) is 0 Å². The summed E-state index contributed by atoms with van der Waals surface area (Å²) in [5, 5.41) is 10.4. The van der Waals surface area contributed by atoms with Crippen LogP contribution in [-0.2, 0) is 11.3 Å². The molecule has 2 heterocycles. The molecule has 0 unspecified atom stereocenters. The van der Waals surface area contributed by atoms with Crippen LogP contribution >= 0.6 is 0 Å². The van der Waals surface area contributed by atoms with Gasteiger partial charge in [0.15, 0.2) is 0 Å². The molecule has 0 bridgehead atoms. The molecule has 25 heavy (non-hydrogen) atoms. The summed E-state index contributed by atoms with van der Waals surface area (Å²) in [5.41, 5.74) is 1.36. The van der Waals surface area contributed by atoms with Gasteiger partial charge in [0.05, 0.1) is 6.10 Å². The normalized spacial score (nSPS) is 24.5. The van der Waals surface area contributed by atoms with Crippen LogP contribution in [0.2, 0.25) is 0 Å². The van der Waals surface area contributed by atoms with E-state index in [4.69, 9.17) is 0 Å². The molecule has 2 fully saturated rings. The first-order chi connectivity index (χ1) is 12.1. The topological polar surface area (TPSA) is 47.0 Å². The fourth-order valence-corrected chi connectivity index (χ4v) is 4.03. The van der Waals surface area contributed by atoms with Crippen LogP contribution in [-0.4, -0.2) is 77.1 Å². The molecule has 2 aliphatic rings. The van der Waals surface area contributed by atoms with Crippen LogP contribution in [0.5, 0.6) is 0 Å². The Labute approximate surface area is 151 Å². The predicted octanol–water partition coefficient (Wildman–Crippen LogP) is 1.57. The molecule has 1 N–H and O–H groups in total. The number of β-amino-alcohol motifs (C(OH)–C–C–N with tert-alkyl or cyclic N) is 1. The predicted molar refractivity (Wildman–Crippen MR) is 99.2 cm³/mol. The third-order valence-electron chi connectivity index (χ3n) is 5.36. The van der Waals surface area contributed by atoms with E-state index in [-0.39, 0.29) is 5.91 Å². The standard InChI is InChI=1S/C20H31N3O2/c1-17-13-21(14-18-7-3-2-4-8-18)10-6-12-22(17)15-19(24)16-23-11-5-9-20(23)25/h2-4,7-8,17,19,24H,5-6,9-16H2,1H3/t17-,19-/m0/s1. The van der Waals surface area contributed by atoms with Crippen LogP contribution in [0.4, 0.5) is 0 Å². The number of hydrogen-bond acceptors (Lipinski definition) is 4. The van der Waals surface area contributed by atoms with Gasteiger partial charge in [-0.1, -0.05) is 30.3 Å². The minimum atomic E-state index is -0.454. The molecule has 2 atom stereocenters. The van der Waals surface area contributed by atoms with Crippen LogP contribution in [0.3, 0.4) is 0 Å². The van der Waals surface area contributed by atoms with Crippen molar-refractivity contribution in [2.75, 3.05) is 39.3 Å². The summed E-state index contributed by atoms with van der Waals surface area (Å²) in [6.07, 6.45) is 2.23. The number of aliphatic hydroxyl groups excluding tert-OH is 1. The van der Waals surface area contributed by atoms with Gasteiger partial charge < -0.3 is 10.0 Å². The highest BCUT2D eigenvalue weighted by atomic mass is 16.3. The number of nitrogens with zero attached hydrogens (tertiary/aromatic N) is 3. The smallest absolute Gasteiger partial charge is 0.222 e. The number of carbonyl (C=O) groups excluding carboxylic acids is 1. The van der Waals surface area contributed by atoms with Gasteiger partial charge >= 0.3 is 0 Å². The zero-order valence-electron chi connectivity index (χ0n) is 15.3. The second kappa shape index (κ2) is 8.79. The Balaban J connectivity index is 1.49. The molecule has 5 nitrogen and oxygen atoms in total. The van der Waals surface area contributed by atoms with Gasteiger partial charge in [0.2, 0.25) is 5.91 Å². The van der Waals surface area contributed by atoms with Crippen molar-refractivity contribution < 1.29 is 9.90 Å². The summed E-state index contributed by atoms with van der Waals surface area (Å²) in [4.78, 5) is 18.4. The molecule has 0 radical (unpaired) electrons. The molecule has 0 aromatic heterocycles.